The molecule has 0 saturated carbocycles. The molecule has 1 aromatic rings. The van der Waals surface area contributed by atoms with E-state index in [4.69, 9.17) is 0 Å². The van der Waals surface area contributed by atoms with E-state index in [9.17, 15) is 9.59 Å². The Morgan fingerprint density at radius 2 is 1.83 bits per heavy atom. The molecule has 3 rings (SSSR count). The van der Waals surface area contributed by atoms with E-state index in [2.05, 4.69) is 60.6 Å². The summed E-state index contributed by atoms with van der Waals surface area (Å²) in [5, 5.41) is 5.87. The molecule has 5 heteroatoms. The first-order chi connectivity index (χ1) is 14.1. The Balaban J connectivity index is 1.69. The van der Waals surface area contributed by atoms with Crippen molar-refractivity contribution >= 4 is 11.8 Å². The fourth-order valence-corrected chi connectivity index (χ4v) is 5.03. The minimum absolute atomic E-state index is 0.0226. The lowest BCUT2D eigenvalue weighted by molar-refractivity contribution is -0.128. The third-order valence-electron chi connectivity index (χ3n) is 6.94. The van der Waals surface area contributed by atoms with Crippen molar-refractivity contribution in [2.45, 2.75) is 84.2 Å². The molecular formula is C25H39N3O2. The number of piperidine rings is 1. The second-order valence-electron chi connectivity index (χ2n) is 10.5. The van der Waals surface area contributed by atoms with Crippen LogP contribution in [-0.4, -0.2) is 42.4 Å². The summed E-state index contributed by atoms with van der Waals surface area (Å²) in [5.41, 5.74) is 3.30. The molecule has 0 aromatic heterocycles. The summed E-state index contributed by atoms with van der Waals surface area (Å²) in [4.78, 5) is 26.5. The zero-order chi connectivity index (χ0) is 21.9. The fraction of sp³-hybridized carbons (Fsp3) is 0.680. The normalized spacial score (nSPS) is 22.2. The molecule has 2 atom stereocenters. The van der Waals surface area contributed by atoms with Crippen LogP contribution in [0.4, 0.5) is 0 Å². The van der Waals surface area contributed by atoms with Gasteiger partial charge in [-0.15, -0.1) is 0 Å². The Labute approximate surface area is 182 Å². The van der Waals surface area contributed by atoms with Crippen LogP contribution in [0.5, 0.6) is 0 Å². The molecule has 166 valence electrons. The molecule has 1 heterocycles. The summed E-state index contributed by atoms with van der Waals surface area (Å²) in [6, 6.07) is 8.17. The number of rotatable bonds is 5. The van der Waals surface area contributed by atoms with Crippen molar-refractivity contribution in [1.82, 2.24) is 15.5 Å². The first-order valence-corrected chi connectivity index (χ1v) is 11.5. The quantitative estimate of drug-likeness (QED) is 0.769. The van der Waals surface area contributed by atoms with Crippen LogP contribution in [0.15, 0.2) is 24.3 Å². The number of likely N-dealkylation sites (tertiary alicyclic amines) is 1. The molecule has 1 aliphatic heterocycles. The third-order valence-corrected chi connectivity index (χ3v) is 6.94. The Kier molecular flexibility index (Phi) is 6.91. The minimum Gasteiger partial charge on any atom is -0.348 e. The third kappa shape index (κ3) is 5.42. The number of nitrogens with one attached hydrogen (secondary N) is 2. The molecule has 1 aliphatic carbocycles. The maximum Gasteiger partial charge on any atom is 0.242 e. The largest absolute Gasteiger partial charge is 0.348 e. The van der Waals surface area contributed by atoms with Gasteiger partial charge in [0.05, 0.1) is 6.04 Å². The SMILES string of the molecule is CC(=O)N[C@@H](C)C(=O)N[C@@H]1CCC2(CCN(CCC(C)(C)C)CC2)c2ccccc21. The van der Waals surface area contributed by atoms with Crippen LogP contribution in [0.3, 0.4) is 0 Å². The molecule has 5 nitrogen and oxygen atoms in total. The Hall–Kier alpha value is -1.88. The Morgan fingerprint density at radius 1 is 1.17 bits per heavy atom. The number of benzene rings is 1. The number of hydrogen-bond acceptors (Lipinski definition) is 3. The molecule has 2 amide bonds. The number of carbonyl (C=O) groups is 2. The van der Waals surface area contributed by atoms with Gasteiger partial charge < -0.3 is 15.5 Å². The second-order valence-corrected chi connectivity index (χ2v) is 10.5. The number of amides is 2. The zero-order valence-corrected chi connectivity index (χ0v) is 19.4. The summed E-state index contributed by atoms with van der Waals surface area (Å²) in [7, 11) is 0. The van der Waals surface area contributed by atoms with Gasteiger partial charge in [0.15, 0.2) is 0 Å². The van der Waals surface area contributed by atoms with Crippen LogP contribution in [0.1, 0.15) is 83.9 Å². The highest BCUT2D eigenvalue weighted by Gasteiger charge is 2.42. The molecule has 2 N–H and O–H groups in total. The van der Waals surface area contributed by atoms with Gasteiger partial charge in [-0.25, -0.2) is 0 Å². The van der Waals surface area contributed by atoms with Crippen LogP contribution >= 0.6 is 0 Å². The maximum atomic E-state index is 12.6. The van der Waals surface area contributed by atoms with E-state index < -0.39 is 6.04 Å². The van der Waals surface area contributed by atoms with Gasteiger partial charge >= 0.3 is 0 Å². The monoisotopic (exact) mass is 413 g/mol. The van der Waals surface area contributed by atoms with Gasteiger partial charge in [-0.2, -0.15) is 0 Å². The van der Waals surface area contributed by atoms with Gasteiger partial charge in [-0.05, 0) is 80.6 Å². The molecule has 0 unspecified atom stereocenters. The van der Waals surface area contributed by atoms with Gasteiger partial charge in [-0.3, -0.25) is 9.59 Å². The van der Waals surface area contributed by atoms with Crippen molar-refractivity contribution < 1.29 is 9.59 Å². The van der Waals surface area contributed by atoms with Crippen molar-refractivity contribution in [2.75, 3.05) is 19.6 Å². The van der Waals surface area contributed by atoms with E-state index in [0.29, 0.717) is 5.41 Å². The second kappa shape index (κ2) is 9.09. The molecule has 1 spiro atoms. The van der Waals surface area contributed by atoms with Gasteiger partial charge in [0, 0.05) is 6.92 Å². The number of hydrogen-bond donors (Lipinski definition) is 2. The van der Waals surface area contributed by atoms with Gasteiger partial charge in [0.25, 0.3) is 0 Å². The van der Waals surface area contributed by atoms with E-state index in [0.717, 1.165) is 25.9 Å². The first-order valence-electron chi connectivity index (χ1n) is 11.5. The summed E-state index contributed by atoms with van der Waals surface area (Å²) in [6.45, 7) is 13.6. The summed E-state index contributed by atoms with van der Waals surface area (Å²) in [5.74, 6) is -0.295. The molecule has 0 radical (unpaired) electrons. The minimum atomic E-state index is -0.517. The number of nitrogens with zero attached hydrogens (tertiary/aromatic N) is 1. The van der Waals surface area contributed by atoms with E-state index in [1.165, 1.54) is 43.9 Å². The van der Waals surface area contributed by atoms with E-state index >= 15 is 0 Å². The van der Waals surface area contributed by atoms with Crippen molar-refractivity contribution in [1.29, 1.82) is 0 Å². The zero-order valence-electron chi connectivity index (χ0n) is 19.4. The predicted molar refractivity (Wildman–Crippen MR) is 121 cm³/mol. The van der Waals surface area contributed by atoms with Crippen molar-refractivity contribution in [3.05, 3.63) is 35.4 Å². The van der Waals surface area contributed by atoms with Crippen molar-refractivity contribution in [2.24, 2.45) is 5.41 Å². The van der Waals surface area contributed by atoms with Crippen LogP contribution < -0.4 is 10.6 Å². The van der Waals surface area contributed by atoms with Crippen LogP contribution in [0.25, 0.3) is 0 Å². The Morgan fingerprint density at radius 3 is 2.47 bits per heavy atom. The van der Waals surface area contributed by atoms with Crippen LogP contribution in [-0.2, 0) is 15.0 Å². The molecule has 1 saturated heterocycles. The van der Waals surface area contributed by atoms with E-state index in [1.807, 2.05) is 0 Å². The predicted octanol–water partition coefficient (Wildman–Crippen LogP) is 3.93. The average molecular weight is 414 g/mol. The smallest absolute Gasteiger partial charge is 0.242 e. The lowest BCUT2D eigenvalue weighted by Gasteiger charge is -2.47. The van der Waals surface area contributed by atoms with Crippen LogP contribution in [0, 0.1) is 5.41 Å². The van der Waals surface area contributed by atoms with Crippen molar-refractivity contribution in [3.8, 4) is 0 Å². The lowest BCUT2D eigenvalue weighted by atomic mass is 9.63. The highest BCUT2D eigenvalue weighted by Crippen LogP contribution is 2.48. The summed E-state index contributed by atoms with van der Waals surface area (Å²) >= 11 is 0. The first kappa shape index (κ1) is 22.8. The molecular weight excluding hydrogens is 374 g/mol. The molecule has 0 bridgehead atoms. The standard InChI is InChI=1S/C25H39N3O2/c1-18(26-19(2)29)23(30)27-22-10-11-25(21-9-7-6-8-20(21)22)13-16-28(17-14-25)15-12-24(3,4)5/h6-9,18,22H,10-17H2,1-5H3,(H,26,29)(H,27,30)/t18-,22+/m0/s1. The van der Waals surface area contributed by atoms with E-state index in [-0.39, 0.29) is 23.3 Å². The van der Waals surface area contributed by atoms with Gasteiger partial charge in [0.2, 0.25) is 11.8 Å². The average Bonchev–Trinajstić information content (AvgIpc) is 2.69. The maximum absolute atomic E-state index is 12.6. The summed E-state index contributed by atoms with van der Waals surface area (Å²) < 4.78 is 0. The highest BCUT2D eigenvalue weighted by atomic mass is 16.2. The molecule has 2 aliphatic rings. The summed E-state index contributed by atoms with van der Waals surface area (Å²) in [6.07, 6.45) is 5.68. The molecule has 1 aromatic carbocycles. The topological polar surface area (TPSA) is 61.4 Å². The lowest BCUT2D eigenvalue weighted by Crippen LogP contribution is -2.49. The van der Waals surface area contributed by atoms with Gasteiger partial charge in [-0.1, -0.05) is 45.0 Å². The molecule has 30 heavy (non-hydrogen) atoms. The van der Waals surface area contributed by atoms with Gasteiger partial charge in [0.1, 0.15) is 6.04 Å². The van der Waals surface area contributed by atoms with E-state index in [1.54, 1.807) is 6.92 Å². The van der Waals surface area contributed by atoms with Crippen molar-refractivity contribution in [3.63, 3.8) is 0 Å². The van der Waals surface area contributed by atoms with Crippen LogP contribution in [0.2, 0.25) is 0 Å². The fourth-order valence-electron chi connectivity index (χ4n) is 5.03. The number of carbonyl (C=O) groups excluding carboxylic acids is 2. The Bertz CT molecular complexity index is 760. The molecule has 1 fully saturated rings. The number of fused-ring (bicyclic) bond motifs is 2. The highest BCUT2D eigenvalue weighted by molar-refractivity contribution is 5.86.